The number of nitrogens with one attached hydrogen (secondary N) is 1. The predicted molar refractivity (Wildman–Crippen MR) is 83.8 cm³/mol. The van der Waals surface area contributed by atoms with Crippen LogP contribution in [0, 0.1) is 0 Å². The molecule has 0 saturated heterocycles. The molecule has 0 aliphatic carbocycles. The quantitative estimate of drug-likeness (QED) is 0.823. The van der Waals surface area contributed by atoms with Gasteiger partial charge in [-0.05, 0) is 40.0 Å². The number of fused-ring (bicyclic) bond motifs is 1. The van der Waals surface area contributed by atoms with Gasteiger partial charge in [-0.25, -0.2) is 4.98 Å². The molecule has 2 aromatic rings. The summed E-state index contributed by atoms with van der Waals surface area (Å²) in [6.07, 6.45) is 0.826. The highest BCUT2D eigenvalue weighted by Gasteiger charge is 2.11. The number of nitrogens with zero attached hydrogens (tertiary/aromatic N) is 2. The van der Waals surface area contributed by atoms with Crippen LogP contribution in [0.15, 0.2) is 28.9 Å². The number of nitrogen functional groups attached to an aromatic ring is 1. The maximum Gasteiger partial charge on any atom is 0.225 e. The largest absolute Gasteiger partial charge is 0.486 e. The van der Waals surface area contributed by atoms with Crippen LogP contribution in [-0.4, -0.2) is 29.7 Å². The molecular weight excluding hydrogens is 336 g/mol. The van der Waals surface area contributed by atoms with Crippen molar-refractivity contribution in [2.75, 3.05) is 30.8 Å². The molecule has 0 bridgehead atoms. The lowest BCUT2D eigenvalue weighted by molar-refractivity contribution is 0.171. The average Bonchev–Trinajstić information content (AvgIpc) is 2.46. The Kier molecular flexibility index (Phi) is 4.10. The van der Waals surface area contributed by atoms with E-state index in [4.69, 9.17) is 15.2 Å². The van der Waals surface area contributed by atoms with Gasteiger partial charge < -0.3 is 20.5 Å². The van der Waals surface area contributed by atoms with E-state index >= 15 is 0 Å². The molecule has 2 heterocycles. The zero-order chi connectivity index (χ0) is 14.7. The number of benzene rings is 1. The highest BCUT2D eigenvalue weighted by atomic mass is 79.9. The third-order valence-corrected chi connectivity index (χ3v) is 3.42. The van der Waals surface area contributed by atoms with E-state index in [1.165, 1.54) is 0 Å². The minimum Gasteiger partial charge on any atom is -0.486 e. The number of halogens is 1. The fourth-order valence-corrected chi connectivity index (χ4v) is 2.48. The highest BCUT2D eigenvalue weighted by Crippen LogP contribution is 2.30. The fourth-order valence-electron chi connectivity index (χ4n) is 2.08. The van der Waals surface area contributed by atoms with Crippen molar-refractivity contribution in [3.05, 3.63) is 34.4 Å². The van der Waals surface area contributed by atoms with Gasteiger partial charge in [0.1, 0.15) is 23.6 Å². The van der Waals surface area contributed by atoms with Crippen LogP contribution >= 0.6 is 15.9 Å². The normalized spacial score (nSPS) is 13.0. The standard InChI is InChI=1S/C14H15BrN4O2/c15-12-8-13(16)19-14(18-12)17-4-3-9-1-2-10-11(7-9)21-6-5-20-10/h1-2,7-8H,3-6H2,(H3,16,17,18,19). The third-order valence-electron chi connectivity index (χ3n) is 3.02. The van der Waals surface area contributed by atoms with Crippen LogP contribution in [0.5, 0.6) is 11.5 Å². The number of hydrogen-bond acceptors (Lipinski definition) is 6. The van der Waals surface area contributed by atoms with E-state index in [1.54, 1.807) is 6.07 Å². The number of anilines is 2. The number of aromatic nitrogens is 2. The summed E-state index contributed by atoms with van der Waals surface area (Å²) in [4.78, 5) is 8.32. The topological polar surface area (TPSA) is 82.3 Å². The molecule has 0 radical (unpaired) electrons. The van der Waals surface area contributed by atoms with Crippen molar-refractivity contribution >= 4 is 27.7 Å². The Labute approximate surface area is 130 Å². The Hall–Kier alpha value is -2.02. The van der Waals surface area contributed by atoms with Crippen LogP contribution in [0.3, 0.4) is 0 Å². The summed E-state index contributed by atoms with van der Waals surface area (Å²) < 4.78 is 11.7. The highest BCUT2D eigenvalue weighted by molar-refractivity contribution is 9.10. The fraction of sp³-hybridized carbons (Fsp3) is 0.286. The molecule has 1 aliphatic heterocycles. The summed E-state index contributed by atoms with van der Waals surface area (Å²) in [6.45, 7) is 1.91. The van der Waals surface area contributed by atoms with Gasteiger partial charge in [0.25, 0.3) is 0 Å². The van der Waals surface area contributed by atoms with Crippen LogP contribution < -0.4 is 20.5 Å². The molecular formula is C14H15BrN4O2. The molecule has 0 amide bonds. The Morgan fingerprint density at radius 3 is 2.76 bits per heavy atom. The van der Waals surface area contributed by atoms with Crippen molar-refractivity contribution in [2.45, 2.75) is 6.42 Å². The SMILES string of the molecule is Nc1cc(Br)nc(NCCc2ccc3c(c2)OCCO3)n1. The maximum atomic E-state index is 5.67. The van der Waals surface area contributed by atoms with Crippen LogP contribution in [0.25, 0.3) is 0 Å². The van der Waals surface area contributed by atoms with Gasteiger partial charge in [0.05, 0.1) is 0 Å². The zero-order valence-electron chi connectivity index (χ0n) is 11.3. The first-order chi connectivity index (χ1) is 10.2. The van der Waals surface area contributed by atoms with E-state index in [1.807, 2.05) is 18.2 Å². The molecule has 1 aromatic carbocycles. The number of hydrogen-bond donors (Lipinski definition) is 2. The van der Waals surface area contributed by atoms with Gasteiger partial charge >= 0.3 is 0 Å². The Morgan fingerprint density at radius 2 is 1.95 bits per heavy atom. The Balaban J connectivity index is 1.60. The summed E-state index contributed by atoms with van der Waals surface area (Å²) >= 11 is 3.29. The van der Waals surface area contributed by atoms with E-state index < -0.39 is 0 Å². The molecule has 21 heavy (non-hydrogen) atoms. The lowest BCUT2D eigenvalue weighted by Crippen LogP contribution is -2.15. The maximum absolute atomic E-state index is 5.67. The van der Waals surface area contributed by atoms with Crippen molar-refractivity contribution in [1.29, 1.82) is 0 Å². The summed E-state index contributed by atoms with van der Waals surface area (Å²) in [5.41, 5.74) is 6.83. The predicted octanol–water partition coefficient (Wildman–Crippen LogP) is 2.25. The molecule has 0 saturated carbocycles. The van der Waals surface area contributed by atoms with Gasteiger partial charge in [0, 0.05) is 12.6 Å². The van der Waals surface area contributed by atoms with E-state index in [9.17, 15) is 0 Å². The van der Waals surface area contributed by atoms with Gasteiger partial charge in [-0.2, -0.15) is 4.98 Å². The van der Waals surface area contributed by atoms with E-state index in [2.05, 4.69) is 31.2 Å². The molecule has 0 spiro atoms. The smallest absolute Gasteiger partial charge is 0.225 e. The minimum atomic E-state index is 0.429. The zero-order valence-corrected chi connectivity index (χ0v) is 12.9. The van der Waals surface area contributed by atoms with Gasteiger partial charge in [-0.15, -0.1) is 0 Å². The molecule has 110 valence electrons. The molecule has 0 atom stereocenters. The Bertz CT molecular complexity index is 631. The number of nitrogens with two attached hydrogens (primary N) is 1. The lowest BCUT2D eigenvalue weighted by atomic mass is 10.1. The summed E-state index contributed by atoms with van der Waals surface area (Å²) in [7, 11) is 0. The van der Waals surface area contributed by atoms with E-state index in [0.717, 1.165) is 23.5 Å². The van der Waals surface area contributed by atoms with Gasteiger partial charge in [-0.1, -0.05) is 6.07 Å². The molecule has 1 aliphatic rings. The Morgan fingerprint density at radius 1 is 1.14 bits per heavy atom. The average molecular weight is 351 g/mol. The molecule has 3 N–H and O–H groups in total. The molecule has 6 nitrogen and oxygen atoms in total. The van der Waals surface area contributed by atoms with Crippen molar-refractivity contribution in [3.8, 4) is 11.5 Å². The third kappa shape index (κ3) is 3.55. The van der Waals surface area contributed by atoms with E-state index in [0.29, 0.717) is 36.1 Å². The van der Waals surface area contributed by atoms with E-state index in [-0.39, 0.29) is 0 Å². The van der Waals surface area contributed by atoms with Crippen molar-refractivity contribution in [2.24, 2.45) is 0 Å². The van der Waals surface area contributed by atoms with Crippen LogP contribution in [0.1, 0.15) is 5.56 Å². The second-order valence-electron chi connectivity index (χ2n) is 4.59. The number of ether oxygens (including phenoxy) is 2. The van der Waals surface area contributed by atoms with Gasteiger partial charge in [0.2, 0.25) is 5.95 Å². The summed E-state index contributed by atoms with van der Waals surface area (Å²) in [5, 5.41) is 3.15. The minimum absolute atomic E-state index is 0.429. The summed E-state index contributed by atoms with van der Waals surface area (Å²) in [6, 6.07) is 7.64. The monoisotopic (exact) mass is 350 g/mol. The van der Waals surface area contributed by atoms with Gasteiger partial charge in [0.15, 0.2) is 11.5 Å². The summed E-state index contributed by atoms with van der Waals surface area (Å²) in [5.74, 6) is 2.56. The lowest BCUT2D eigenvalue weighted by Gasteiger charge is -2.18. The molecule has 0 fully saturated rings. The second kappa shape index (κ2) is 6.17. The molecule has 1 aromatic heterocycles. The second-order valence-corrected chi connectivity index (χ2v) is 5.41. The number of rotatable bonds is 4. The van der Waals surface area contributed by atoms with Crippen molar-refractivity contribution in [3.63, 3.8) is 0 Å². The first-order valence-corrected chi connectivity index (χ1v) is 7.42. The first kappa shape index (κ1) is 13.9. The van der Waals surface area contributed by atoms with Crippen LogP contribution in [-0.2, 0) is 6.42 Å². The first-order valence-electron chi connectivity index (χ1n) is 6.63. The van der Waals surface area contributed by atoms with Crippen LogP contribution in [0.4, 0.5) is 11.8 Å². The molecule has 0 unspecified atom stereocenters. The van der Waals surface area contributed by atoms with Crippen molar-refractivity contribution in [1.82, 2.24) is 9.97 Å². The van der Waals surface area contributed by atoms with Crippen molar-refractivity contribution < 1.29 is 9.47 Å². The molecule has 7 heteroatoms. The molecule has 3 rings (SSSR count). The van der Waals surface area contributed by atoms with Gasteiger partial charge in [-0.3, -0.25) is 0 Å². The van der Waals surface area contributed by atoms with Crippen LogP contribution in [0.2, 0.25) is 0 Å².